The number of hydrogen-bond donors (Lipinski definition) is 1. The largest absolute Gasteiger partial charge is 0.438 e. The van der Waals surface area contributed by atoms with E-state index in [4.69, 9.17) is 4.42 Å². The number of amides is 1. The minimum atomic E-state index is -3.63. The van der Waals surface area contributed by atoms with Crippen molar-refractivity contribution >= 4 is 15.9 Å². The van der Waals surface area contributed by atoms with Crippen molar-refractivity contribution in [3.63, 3.8) is 0 Å². The first kappa shape index (κ1) is 15.7. The molecule has 7 heteroatoms. The van der Waals surface area contributed by atoms with E-state index in [0.717, 1.165) is 23.6 Å². The summed E-state index contributed by atoms with van der Waals surface area (Å²) in [6.07, 6.45) is 3.01. The third kappa shape index (κ3) is 4.07. The summed E-state index contributed by atoms with van der Waals surface area (Å²) in [5.41, 5.74) is 0. The molecule has 0 spiro atoms. The van der Waals surface area contributed by atoms with E-state index in [2.05, 4.69) is 12.2 Å². The molecule has 108 valence electrons. The van der Waals surface area contributed by atoms with Crippen LogP contribution in [-0.4, -0.2) is 39.3 Å². The molecule has 6 nitrogen and oxygen atoms in total. The fourth-order valence-corrected chi connectivity index (χ4v) is 2.22. The monoisotopic (exact) mass is 288 g/mol. The Kier molecular flexibility index (Phi) is 5.56. The van der Waals surface area contributed by atoms with Gasteiger partial charge in [-0.1, -0.05) is 19.8 Å². The first-order valence-electron chi connectivity index (χ1n) is 6.20. The van der Waals surface area contributed by atoms with Gasteiger partial charge in [-0.15, -0.1) is 0 Å². The van der Waals surface area contributed by atoms with E-state index in [1.54, 1.807) is 0 Å². The Balaban J connectivity index is 2.67. The van der Waals surface area contributed by atoms with Gasteiger partial charge in [-0.05, 0) is 18.6 Å². The number of nitrogens with zero attached hydrogens (tertiary/aromatic N) is 1. The highest BCUT2D eigenvalue weighted by Gasteiger charge is 2.23. The molecule has 0 bridgehead atoms. The molecule has 0 unspecified atom stereocenters. The standard InChI is InChI=1S/C12H20N2O4S/c1-4-5-6-9-13-12(15)10-7-8-11(18-10)19(16,17)14(2)3/h7-8H,4-6,9H2,1-3H3,(H,13,15). The average molecular weight is 288 g/mol. The van der Waals surface area contributed by atoms with E-state index in [9.17, 15) is 13.2 Å². The van der Waals surface area contributed by atoms with Gasteiger partial charge in [-0.25, -0.2) is 12.7 Å². The van der Waals surface area contributed by atoms with Crippen molar-refractivity contribution < 1.29 is 17.6 Å². The van der Waals surface area contributed by atoms with Crippen molar-refractivity contribution in [3.8, 4) is 0 Å². The summed E-state index contributed by atoms with van der Waals surface area (Å²) in [6, 6.07) is 2.65. The third-order valence-electron chi connectivity index (χ3n) is 2.61. The molecular weight excluding hydrogens is 268 g/mol. The van der Waals surface area contributed by atoms with Crippen LogP contribution >= 0.6 is 0 Å². The van der Waals surface area contributed by atoms with Crippen LogP contribution in [0.1, 0.15) is 36.7 Å². The van der Waals surface area contributed by atoms with Gasteiger partial charge in [0.1, 0.15) is 0 Å². The van der Waals surface area contributed by atoms with Gasteiger partial charge in [-0.3, -0.25) is 4.79 Å². The van der Waals surface area contributed by atoms with Crippen LogP contribution in [0, 0.1) is 0 Å². The number of unbranched alkanes of at least 4 members (excludes halogenated alkanes) is 2. The first-order chi connectivity index (χ1) is 8.89. The Labute approximate surface area is 113 Å². The van der Waals surface area contributed by atoms with Crippen LogP contribution in [0.5, 0.6) is 0 Å². The van der Waals surface area contributed by atoms with Crippen molar-refractivity contribution in [2.24, 2.45) is 0 Å². The average Bonchev–Trinajstić information content (AvgIpc) is 2.84. The van der Waals surface area contributed by atoms with Crippen molar-refractivity contribution in [2.75, 3.05) is 20.6 Å². The van der Waals surface area contributed by atoms with Gasteiger partial charge < -0.3 is 9.73 Å². The summed E-state index contributed by atoms with van der Waals surface area (Å²) in [6.45, 7) is 2.63. The molecule has 0 aliphatic heterocycles. The molecule has 1 aromatic rings. The van der Waals surface area contributed by atoms with E-state index in [-0.39, 0.29) is 10.9 Å². The molecule has 0 saturated heterocycles. The summed E-state index contributed by atoms with van der Waals surface area (Å²) >= 11 is 0. The second kappa shape index (κ2) is 6.72. The van der Waals surface area contributed by atoms with Crippen molar-refractivity contribution in [2.45, 2.75) is 31.3 Å². The van der Waals surface area contributed by atoms with E-state index >= 15 is 0 Å². The number of hydrogen-bond acceptors (Lipinski definition) is 4. The molecule has 1 aromatic heterocycles. The van der Waals surface area contributed by atoms with E-state index < -0.39 is 15.9 Å². The highest BCUT2D eigenvalue weighted by molar-refractivity contribution is 7.88. The first-order valence-corrected chi connectivity index (χ1v) is 7.64. The quantitative estimate of drug-likeness (QED) is 0.770. The molecule has 0 atom stereocenters. The van der Waals surface area contributed by atoms with Crippen LogP contribution < -0.4 is 5.32 Å². The summed E-state index contributed by atoms with van der Waals surface area (Å²) < 4.78 is 29.7. The predicted octanol–water partition coefficient (Wildman–Crippen LogP) is 1.45. The van der Waals surface area contributed by atoms with Crippen molar-refractivity contribution in [3.05, 3.63) is 17.9 Å². The van der Waals surface area contributed by atoms with Crippen LogP contribution in [0.2, 0.25) is 0 Å². The number of rotatable bonds is 7. The SMILES string of the molecule is CCCCCNC(=O)c1ccc(S(=O)(=O)N(C)C)o1. The Morgan fingerprint density at radius 2 is 2.00 bits per heavy atom. The summed E-state index contributed by atoms with van der Waals surface area (Å²) in [4.78, 5) is 11.7. The van der Waals surface area contributed by atoms with Gasteiger partial charge in [0.25, 0.3) is 15.9 Å². The molecule has 0 aromatic carbocycles. The molecule has 1 rings (SSSR count). The number of sulfonamides is 1. The second-order valence-corrected chi connectivity index (χ2v) is 6.45. The molecule has 1 N–H and O–H groups in total. The van der Waals surface area contributed by atoms with Crippen LogP contribution in [0.4, 0.5) is 0 Å². The molecular formula is C12H20N2O4S. The minimum absolute atomic E-state index is 0.0110. The molecule has 0 saturated carbocycles. The van der Waals surface area contributed by atoms with Crippen molar-refractivity contribution in [1.29, 1.82) is 0 Å². The van der Waals surface area contributed by atoms with Gasteiger partial charge in [-0.2, -0.15) is 0 Å². The van der Waals surface area contributed by atoms with Crippen molar-refractivity contribution in [1.82, 2.24) is 9.62 Å². The zero-order valence-corrected chi connectivity index (χ0v) is 12.3. The molecule has 1 amide bonds. The Hall–Kier alpha value is -1.34. The zero-order chi connectivity index (χ0) is 14.5. The molecule has 0 aliphatic carbocycles. The fraction of sp³-hybridized carbons (Fsp3) is 0.583. The highest BCUT2D eigenvalue weighted by Crippen LogP contribution is 2.16. The van der Waals surface area contributed by atoms with Gasteiger partial charge in [0, 0.05) is 20.6 Å². The molecule has 19 heavy (non-hydrogen) atoms. The molecule has 1 heterocycles. The lowest BCUT2D eigenvalue weighted by atomic mass is 10.2. The fourth-order valence-electron chi connectivity index (χ4n) is 1.42. The summed E-state index contributed by atoms with van der Waals surface area (Å²) in [5, 5.41) is 2.46. The predicted molar refractivity (Wildman–Crippen MR) is 71.4 cm³/mol. The van der Waals surface area contributed by atoms with Crippen LogP contribution in [0.25, 0.3) is 0 Å². The van der Waals surface area contributed by atoms with Crippen LogP contribution in [-0.2, 0) is 10.0 Å². The Bertz CT molecular complexity index is 520. The maximum atomic E-state index is 11.8. The zero-order valence-electron chi connectivity index (χ0n) is 11.5. The van der Waals surface area contributed by atoms with Crippen LogP contribution in [0.3, 0.4) is 0 Å². The van der Waals surface area contributed by atoms with Gasteiger partial charge >= 0.3 is 0 Å². The van der Waals surface area contributed by atoms with Gasteiger partial charge in [0.05, 0.1) is 0 Å². The normalized spacial score (nSPS) is 11.8. The molecule has 0 radical (unpaired) electrons. The maximum absolute atomic E-state index is 11.8. The lowest BCUT2D eigenvalue weighted by Crippen LogP contribution is -2.24. The van der Waals surface area contributed by atoms with Gasteiger partial charge in [0.2, 0.25) is 5.09 Å². The molecule has 0 aliphatic rings. The smallest absolute Gasteiger partial charge is 0.287 e. The van der Waals surface area contributed by atoms with E-state index in [0.29, 0.717) is 6.54 Å². The summed E-state index contributed by atoms with van der Waals surface area (Å²) in [7, 11) is -0.822. The Morgan fingerprint density at radius 3 is 2.58 bits per heavy atom. The highest BCUT2D eigenvalue weighted by atomic mass is 32.2. The molecule has 0 fully saturated rings. The van der Waals surface area contributed by atoms with Gasteiger partial charge in [0.15, 0.2) is 5.76 Å². The number of nitrogens with one attached hydrogen (secondary N) is 1. The number of furan rings is 1. The second-order valence-electron chi connectivity index (χ2n) is 4.37. The van der Waals surface area contributed by atoms with E-state index in [1.807, 2.05) is 0 Å². The number of carbonyl (C=O) groups is 1. The van der Waals surface area contributed by atoms with E-state index in [1.165, 1.54) is 26.2 Å². The topological polar surface area (TPSA) is 79.6 Å². The maximum Gasteiger partial charge on any atom is 0.287 e. The van der Waals surface area contributed by atoms with Crippen LogP contribution in [0.15, 0.2) is 21.6 Å². The third-order valence-corrected chi connectivity index (χ3v) is 4.30. The summed E-state index contributed by atoms with van der Waals surface area (Å²) in [5.74, 6) is -0.381. The lowest BCUT2D eigenvalue weighted by molar-refractivity contribution is 0.0919. The number of carbonyl (C=O) groups excluding carboxylic acids is 1. The Morgan fingerprint density at radius 1 is 1.32 bits per heavy atom. The minimum Gasteiger partial charge on any atom is -0.438 e. The lowest BCUT2D eigenvalue weighted by Gasteiger charge is -2.07.